The maximum Gasteiger partial charge on any atom is 0.287 e. The van der Waals surface area contributed by atoms with E-state index in [1.54, 1.807) is 12.3 Å². The van der Waals surface area contributed by atoms with Crippen molar-refractivity contribution in [2.75, 3.05) is 17.6 Å². The van der Waals surface area contributed by atoms with Crippen LogP contribution >= 0.6 is 23.4 Å². The summed E-state index contributed by atoms with van der Waals surface area (Å²) in [5.41, 5.74) is 0.348. The summed E-state index contributed by atoms with van der Waals surface area (Å²) in [6.07, 6.45) is 7.04. The monoisotopic (exact) mass is 299 g/mol. The van der Waals surface area contributed by atoms with Gasteiger partial charge in [-0.3, -0.25) is 4.79 Å². The van der Waals surface area contributed by atoms with Crippen molar-refractivity contribution >= 4 is 29.1 Å². The molecule has 2 rings (SSSR count). The number of rotatable bonds is 5. The van der Waals surface area contributed by atoms with Crippen LogP contribution in [0.1, 0.15) is 19.3 Å². The van der Waals surface area contributed by atoms with Gasteiger partial charge in [0.05, 0.1) is 18.4 Å². The first kappa shape index (κ1) is 14.5. The molecule has 1 aromatic rings. The molecule has 19 heavy (non-hydrogen) atoms. The highest BCUT2D eigenvalue weighted by Gasteiger charge is 2.15. The van der Waals surface area contributed by atoms with E-state index in [9.17, 15) is 4.79 Å². The van der Waals surface area contributed by atoms with Crippen molar-refractivity contribution in [1.29, 1.82) is 0 Å². The van der Waals surface area contributed by atoms with Gasteiger partial charge in [0.2, 0.25) is 0 Å². The second-order valence-electron chi connectivity index (χ2n) is 4.52. The minimum atomic E-state index is -0.275. The molecule has 104 valence electrons. The van der Waals surface area contributed by atoms with Crippen molar-refractivity contribution in [1.82, 2.24) is 9.78 Å². The van der Waals surface area contributed by atoms with E-state index >= 15 is 0 Å². The summed E-state index contributed by atoms with van der Waals surface area (Å²) in [6, 6.07) is 0. The SMILES string of the molecule is C=CCn1ncc(NCC2CCCCS2)c(Cl)c1=O. The molecule has 0 saturated carbocycles. The highest BCUT2D eigenvalue weighted by atomic mass is 35.5. The van der Waals surface area contributed by atoms with Crippen LogP contribution in [0.15, 0.2) is 23.6 Å². The van der Waals surface area contributed by atoms with E-state index in [0.29, 0.717) is 17.5 Å². The van der Waals surface area contributed by atoms with E-state index in [1.807, 2.05) is 11.8 Å². The minimum absolute atomic E-state index is 0.206. The molecule has 1 aromatic heterocycles. The van der Waals surface area contributed by atoms with Gasteiger partial charge in [0.1, 0.15) is 5.02 Å². The smallest absolute Gasteiger partial charge is 0.287 e. The Morgan fingerprint density at radius 3 is 3.16 bits per heavy atom. The molecule has 0 amide bonds. The summed E-state index contributed by atoms with van der Waals surface area (Å²) < 4.78 is 1.30. The fourth-order valence-corrected chi connectivity index (χ4v) is 3.48. The van der Waals surface area contributed by atoms with Gasteiger partial charge in [0, 0.05) is 11.8 Å². The predicted octanol–water partition coefficient (Wildman–Crippen LogP) is 2.78. The fraction of sp³-hybridized carbons (Fsp3) is 0.538. The van der Waals surface area contributed by atoms with Gasteiger partial charge in [-0.1, -0.05) is 24.1 Å². The lowest BCUT2D eigenvalue weighted by molar-refractivity contribution is 0.651. The van der Waals surface area contributed by atoms with Gasteiger partial charge >= 0.3 is 0 Å². The molecule has 6 heteroatoms. The van der Waals surface area contributed by atoms with E-state index < -0.39 is 0 Å². The van der Waals surface area contributed by atoms with Crippen LogP contribution in [-0.2, 0) is 6.54 Å². The van der Waals surface area contributed by atoms with Crippen LogP contribution in [0.2, 0.25) is 5.02 Å². The third-order valence-electron chi connectivity index (χ3n) is 3.08. The van der Waals surface area contributed by atoms with Gasteiger partial charge in [-0.2, -0.15) is 16.9 Å². The third-order valence-corrected chi connectivity index (χ3v) is 4.84. The van der Waals surface area contributed by atoms with Crippen LogP contribution in [0.25, 0.3) is 0 Å². The fourth-order valence-electron chi connectivity index (χ4n) is 2.03. The minimum Gasteiger partial charge on any atom is -0.381 e. The molecule has 2 heterocycles. The van der Waals surface area contributed by atoms with E-state index in [0.717, 1.165) is 6.54 Å². The zero-order valence-corrected chi connectivity index (χ0v) is 12.3. The number of nitrogens with zero attached hydrogens (tertiary/aromatic N) is 2. The maximum atomic E-state index is 11.9. The number of hydrogen-bond donors (Lipinski definition) is 1. The van der Waals surface area contributed by atoms with E-state index in [4.69, 9.17) is 11.6 Å². The van der Waals surface area contributed by atoms with E-state index in [1.165, 1.54) is 29.7 Å². The Hall–Kier alpha value is -0.940. The van der Waals surface area contributed by atoms with Crippen molar-refractivity contribution < 1.29 is 0 Å². The van der Waals surface area contributed by atoms with Crippen LogP contribution in [0.3, 0.4) is 0 Å². The molecule has 1 N–H and O–H groups in total. The average Bonchev–Trinajstić information content (AvgIpc) is 2.44. The van der Waals surface area contributed by atoms with Crippen LogP contribution < -0.4 is 10.9 Å². The van der Waals surface area contributed by atoms with Crippen molar-refractivity contribution in [2.45, 2.75) is 31.1 Å². The first-order valence-corrected chi connectivity index (χ1v) is 7.87. The summed E-state index contributed by atoms with van der Waals surface area (Å²) in [5, 5.41) is 8.11. The summed E-state index contributed by atoms with van der Waals surface area (Å²) in [6.45, 7) is 4.79. The van der Waals surface area contributed by atoms with Crippen LogP contribution in [0.4, 0.5) is 5.69 Å². The molecule has 0 aliphatic carbocycles. The lowest BCUT2D eigenvalue weighted by Crippen LogP contribution is -2.25. The van der Waals surface area contributed by atoms with E-state index in [2.05, 4.69) is 17.0 Å². The highest BCUT2D eigenvalue weighted by molar-refractivity contribution is 7.99. The van der Waals surface area contributed by atoms with Crippen molar-refractivity contribution in [3.8, 4) is 0 Å². The van der Waals surface area contributed by atoms with Gasteiger partial charge in [0.25, 0.3) is 5.56 Å². The molecule has 1 atom stereocenters. The molecule has 1 aliphatic rings. The van der Waals surface area contributed by atoms with E-state index in [-0.39, 0.29) is 10.6 Å². The Kier molecular flexibility index (Phi) is 5.34. The number of aromatic nitrogens is 2. The Labute approximate surface area is 122 Å². The predicted molar refractivity (Wildman–Crippen MR) is 82.3 cm³/mol. The molecule has 0 aromatic carbocycles. The molecule has 0 spiro atoms. The highest BCUT2D eigenvalue weighted by Crippen LogP contribution is 2.25. The van der Waals surface area contributed by atoms with Crippen molar-refractivity contribution in [3.05, 3.63) is 34.2 Å². The molecule has 1 unspecified atom stereocenters. The molecule has 0 bridgehead atoms. The third kappa shape index (κ3) is 3.76. The summed E-state index contributed by atoms with van der Waals surface area (Å²) in [5.74, 6) is 1.22. The first-order chi connectivity index (χ1) is 9.22. The molecular formula is C13H18ClN3OS. The molecule has 1 fully saturated rings. The zero-order chi connectivity index (χ0) is 13.7. The molecular weight excluding hydrogens is 282 g/mol. The van der Waals surface area contributed by atoms with Gasteiger partial charge in [0.15, 0.2) is 0 Å². The lowest BCUT2D eigenvalue weighted by Gasteiger charge is -2.22. The Bertz CT molecular complexity index is 497. The Morgan fingerprint density at radius 2 is 2.47 bits per heavy atom. The normalized spacial score (nSPS) is 19.1. The number of nitrogens with one attached hydrogen (secondary N) is 1. The molecule has 4 nitrogen and oxygen atoms in total. The van der Waals surface area contributed by atoms with Gasteiger partial charge in [-0.15, -0.1) is 6.58 Å². The first-order valence-electron chi connectivity index (χ1n) is 6.44. The summed E-state index contributed by atoms with van der Waals surface area (Å²) >= 11 is 8.06. The average molecular weight is 300 g/mol. The number of anilines is 1. The molecule has 1 aliphatic heterocycles. The van der Waals surface area contributed by atoms with Crippen molar-refractivity contribution in [3.63, 3.8) is 0 Å². The van der Waals surface area contributed by atoms with Gasteiger partial charge < -0.3 is 5.32 Å². The summed E-state index contributed by atoms with van der Waals surface area (Å²) in [7, 11) is 0. The Balaban J connectivity index is 2.02. The number of halogens is 1. The lowest BCUT2D eigenvalue weighted by atomic mass is 10.2. The Morgan fingerprint density at radius 1 is 1.63 bits per heavy atom. The number of allylic oxidation sites excluding steroid dienone is 1. The standard InChI is InChI=1S/C13H18ClN3OS/c1-2-6-17-13(18)12(14)11(9-16-17)15-8-10-5-3-4-7-19-10/h2,9-10,15H,1,3-8H2. The largest absolute Gasteiger partial charge is 0.381 e. The number of thioether (sulfide) groups is 1. The topological polar surface area (TPSA) is 46.9 Å². The van der Waals surface area contributed by atoms with Gasteiger partial charge in [-0.25, -0.2) is 4.68 Å². The van der Waals surface area contributed by atoms with Crippen LogP contribution in [-0.4, -0.2) is 27.3 Å². The van der Waals surface area contributed by atoms with Crippen molar-refractivity contribution in [2.24, 2.45) is 0 Å². The maximum absolute atomic E-state index is 11.9. The second-order valence-corrected chi connectivity index (χ2v) is 6.30. The molecule has 0 radical (unpaired) electrons. The quantitative estimate of drug-likeness (QED) is 0.849. The number of hydrogen-bond acceptors (Lipinski definition) is 4. The van der Waals surface area contributed by atoms with Crippen LogP contribution in [0, 0.1) is 0 Å². The van der Waals surface area contributed by atoms with Crippen LogP contribution in [0.5, 0.6) is 0 Å². The van der Waals surface area contributed by atoms with Gasteiger partial charge in [-0.05, 0) is 18.6 Å². The summed E-state index contributed by atoms with van der Waals surface area (Å²) in [4.78, 5) is 11.9. The zero-order valence-electron chi connectivity index (χ0n) is 10.8. The molecule has 1 saturated heterocycles. The second kappa shape index (κ2) is 7.01.